The van der Waals surface area contributed by atoms with Crippen molar-refractivity contribution in [1.82, 2.24) is 15.1 Å². The number of nitrogens with zero attached hydrogens (tertiary/aromatic N) is 3. The van der Waals surface area contributed by atoms with E-state index in [0.29, 0.717) is 17.8 Å². The summed E-state index contributed by atoms with van der Waals surface area (Å²) in [6, 6.07) is 15.3. The Kier molecular flexibility index (Phi) is 4.43. The number of aromatic nitrogens is 2. The van der Waals surface area contributed by atoms with Crippen LogP contribution in [0, 0.1) is 17.1 Å². The quantitative estimate of drug-likeness (QED) is 0.776. The number of nitriles is 1. The molecule has 2 aromatic carbocycles. The minimum Gasteiger partial charge on any atom is -0.347 e. The number of carbonyl (C=O) groups is 1. The van der Waals surface area contributed by atoms with Crippen LogP contribution < -0.4 is 5.32 Å². The number of hydrogen-bond acceptors (Lipinski definition) is 3. The van der Waals surface area contributed by atoms with Gasteiger partial charge in [0.05, 0.1) is 17.3 Å². The van der Waals surface area contributed by atoms with Gasteiger partial charge in [0.1, 0.15) is 5.82 Å². The van der Waals surface area contributed by atoms with Crippen LogP contribution >= 0.6 is 0 Å². The van der Waals surface area contributed by atoms with Gasteiger partial charge >= 0.3 is 0 Å². The van der Waals surface area contributed by atoms with E-state index in [1.54, 1.807) is 28.9 Å². The first kappa shape index (κ1) is 17.0. The number of fused-ring (bicyclic) bond motifs is 1. The zero-order chi connectivity index (χ0) is 18.8. The van der Waals surface area contributed by atoms with Crippen molar-refractivity contribution in [2.24, 2.45) is 0 Å². The Morgan fingerprint density at radius 2 is 1.89 bits per heavy atom. The Morgan fingerprint density at radius 1 is 1.15 bits per heavy atom. The molecule has 1 aliphatic rings. The van der Waals surface area contributed by atoms with E-state index >= 15 is 0 Å². The van der Waals surface area contributed by atoms with E-state index in [1.165, 1.54) is 12.1 Å². The van der Waals surface area contributed by atoms with E-state index in [1.807, 2.05) is 12.1 Å². The van der Waals surface area contributed by atoms with Gasteiger partial charge in [0.25, 0.3) is 5.91 Å². The SMILES string of the molecule is N#Cc1ccc(CNC(=O)c2nn(-c3ccc(F)cc3)c3c2CCC3)cc1. The second-order valence-electron chi connectivity index (χ2n) is 6.51. The number of rotatable bonds is 4. The maximum atomic E-state index is 13.2. The molecule has 27 heavy (non-hydrogen) atoms. The van der Waals surface area contributed by atoms with Crippen molar-refractivity contribution < 1.29 is 9.18 Å². The van der Waals surface area contributed by atoms with Crippen LogP contribution in [0.25, 0.3) is 5.69 Å². The predicted octanol–water partition coefficient (Wildman–Crippen LogP) is 3.30. The topological polar surface area (TPSA) is 70.7 Å². The van der Waals surface area contributed by atoms with E-state index in [4.69, 9.17) is 5.26 Å². The van der Waals surface area contributed by atoms with Crippen LogP contribution in [0.2, 0.25) is 0 Å². The molecule has 3 aromatic rings. The smallest absolute Gasteiger partial charge is 0.272 e. The molecule has 1 aromatic heterocycles. The highest BCUT2D eigenvalue weighted by Gasteiger charge is 2.26. The van der Waals surface area contributed by atoms with Gasteiger partial charge in [0, 0.05) is 17.8 Å². The minimum absolute atomic E-state index is 0.224. The highest BCUT2D eigenvalue weighted by molar-refractivity contribution is 5.94. The molecule has 0 spiro atoms. The van der Waals surface area contributed by atoms with Gasteiger partial charge in [-0.25, -0.2) is 9.07 Å². The largest absolute Gasteiger partial charge is 0.347 e. The molecular formula is C21H17FN4O. The lowest BCUT2D eigenvalue weighted by molar-refractivity contribution is 0.0944. The number of benzene rings is 2. The van der Waals surface area contributed by atoms with Gasteiger partial charge in [-0.15, -0.1) is 0 Å². The fraction of sp³-hybridized carbons (Fsp3) is 0.190. The molecule has 0 aliphatic heterocycles. The van der Waals surface area contributed by atoms with Crippen LogP contribution in [0.3, 0.4) is 0 Å². The van der Waals surface area contributed by atoms with Crippen LogP contribution in [0.1, 0.15) is 39.3 Å². The molecule has 1 N–H and O–H groups in total. The minimum atomic E-state index is -0.303. The lowest BCUT2D eigenvalue weighted by Gasteiger charge is -2.06. The average Bonchev–Trinajstić information content (AvgIpc) is 3.30. The molecule has 5 nitrogen and oxygen atoms in total. The Labute approximate surface area is 156 Å². The summed E-state index contributed by atoms with van der Waals surface area (Å²) in [6.45, 7) is 0.364. The van der Waals surface area contributed by atoms with E-state index in [9.17, 15) is 9.18 Å². The van der Waals surface area contributed by atoms with Gasteiger partial charge in [0.2, 0.25) is 0 Å². The van der Waals surface area contributed by atoms with Gasteiger partial charge in [0.15, 0.2) is 5.69 Å². The highest BCUT2D eigenvalue weighted by Crippen LogP contribution is 2.28. The fourth-order valence-electron chi connectivity index (χ4n) is 3.38. The summed E-state index contributed by atoms with van der Waals surface area (Å²) in [4.78, 5) is 12.7. The summed E-state index contributed by atoms with van der Waals surface area (Å²) in [5.74, 6) is -0.527. The van der Waals surface area contributed by atoms with Crippen LogP contribution in [0.15, 0.2) is 48.5 Å². The first-order valence-corrected chi connectivity index (χ1v) is 8.79. The van der Waals surface area contributed by atoms with Gasteiger partial charge in [-0.05, 0) is 61.2 Å². The molecule has 6 heteroatoms. The van der Waals surface area contributed by atoms with Crippen molar-refractivity contribution in [2.45, 2.75) is 25.8 Å². The summed E-state index contributed by atoms with van der Waals surface area (Å²) >= 11 is 0. The first-order chi connectivity index (χ1) is 13.2. The standard InChI is InChI=1S/C21H17FN4O/c22-16-8-10-17(11-9-16)26-19-3-1-2-18(19)20(25-26)21(27)24-13-15-6-4-14(12-23)5-7-15/h4-11H,1-3,13H2,(H,24,27). The molecule has 1 heterocycles. The molecule has 0 radical (unpaired) electrons. The molecule has 0 fully saturated rings. The summed E-state index contributed by atoms with van der Waals surface area (Å²) < 4.78 is 15.0. The molecule has 0 unspecified atom stereocenters. The van der Waals surface area contributed by atoms with E-state index < -0.39 is 0 Å². The lowest BCUT2D eigenvalue weighted by atomic mass is 10.1. The number of nitrogens with one attached hydrogen (secondary N) is 1. The molecule has 1 amide bonds. The van der Waals surface area contributed by atoms with Crippen molar-refractivity contribution >= 4 is 5.91 Å². The molecule has 0 atom stereocenters. The van der Waals surface area contributed by atoms with Crippen molar-refractivity contribution in [3.05, 3.63) is 82.4 Å². The van der Waals surface area contributed by atoms with Crippen molar-refractivity contribution in [1.29, 1.82) is 5.26 Å². The Bertz CT molecular complexity index is 1030. The summed E-state index contributed by atoms with van der Waals surface area (Å²) in [7, 11) is 0. The molecule has 134 valence electrons. The molecule has 0 bridgehead atoms. The molecule has 0 saturated carbocycles. The second-order valence-corrected chi connectivity index (χ2v) is 6.51. The van der Waals surface area contributed by atoms with Gasteiger partial charge < -0.3 is 5.32 Å². The lowest BCUT2D eigenvalue weighted by Crippen LogP contribution is -2.24. The third-order valence-corrected chi connectivity index (χ3v) is 4.75. The molecule has 0 saturated heterocycles. The number of amides is 1. The van der Waals surface area contributed by atoms with Crippen molar-refractivity contribution in [3.8, 4) is 11.8 Å². The average molecular weight is 360 g/mol. The van der Waals surface area contributed by atoms with Gasteiger partial charge in [-0.3, -0.25) is 4.79 Å². The first-order valence-electron chi connectivity index (χ1n) is 8.79. The molecule has 4 rings (SSSR count). The summed E-state index contributed by atoms with van der Waals surface area (Å²) in [6.07, 6.45) is 2.64. The van der Waals surface area contributed by atoms with Crippen LogP contribution in [-0.2, 0) is 19.4 Å². The number of hydrogen-bond donors (Lipinski definition) is 1. The maximum Gasteiger partial charge on any atom is 0.272 e. The van der Waals surface area contributed by atoms with E-state index in [0.717, 1.165) is 41.8 Å². The predicted molar refractivity (Wildman–Crippen MR) is 97.9 cm³/mol. The normalized spacial score (nSPS) is 12.4. The van der Waals surface area contributed by atoms with Crippen molar-refractivity contribution in [2.75, 3.05) is 0 Å². The molecule has 1 aliphatic carbocycles. The maximum absolute atomic E-state index is 13.2. The van der Waals surface area contributed by atoms with Gasteiger partial charge in [-0.1, -0.05) is 12.1 Å². The van der Waals surface area contributed by atoms with Crippen LogP contribution in [0.4, 0.5) is 4.39 Å². The zero-order valence-electron chi connectivity index (χ0n) is 14.6. The Morgan fingerprint density at radius 3 is 2.59 bits per heavy atom. The van der Waals surface area contributed by atoms with Crippen LogP contribution in [0.5, 0.6) is 0 Å². The van der Waals surface area contributed by atoms with E-state index in [2.05, 4.69) is 16.5 Å². The fourth-order valence-corrected chi connectivity index (χ4v) is 3.38. The second kappa shape index (κ2) is 7.04. The number of carbonyl (C=O) groups excluding carboxylic acids is 1. The van der Waals surface area contributed by atoms with Gasteiger partial charge in [-0.2, -0.15) is 10.4 Å². The zero-order valence-corrected chi connectivity index (χ0v) is 14.6. The summed E-state index contributed by atoms with van der Waals surface area (Å²) in [5.41, 5.74) is 4.67. The molecular weight excluding hydrogens is 343 g/mol. The summed E-state index contributed by atoms with van der Waals surface area (Å²) in [5, 5.41) is 16.3. The third-order valence-electron chi connectivity index (χ3n) is 4.75. The van der Waals surface area contributed by atoms with Crippen LogP contribution in [-0.4, -0.2) is 15.7 Å². The van der Waals surface area contributed by atoms with Crippen molar-refractivity contribution in [3.63, 3.8) is 0 Å². The van der Waals surface area contributed by atoms with E-state index in [-0.39, 0.29) is 11.7 Å². The Balaban J connectivity index is 1.56. The highest BCUT2D eigenvalue weighted by atomic mass is 19.1. The third kappa shape index (κ3) is 3.32. The number of halogens is 1. The Hall–Kier alpha value is -3.46. The monoisotopic (exact) mass is 360 g/mol.